The Morgan fingerprint density at radius 2 is 2.00 bits per heavy atom. The summed E-state index contributed by atoms with van der Waals surface area (Å²) >= 11 is 0. The van der Waals surface area contributed by atoms with Gasteiger partial charge >= 0.3 is 0 Å². The molecule has 2 heteroatoms. The number of rotatable bonds is 1. The molecule has 7 heavy (non-hydrogen) atoms. The lowest BCUT2D eigenvalue weighted by Gasteiger charge is -1.96. The van der Waals surface area contributed by atoms with Gasteiger partial charge < -0.3 is 11.3 Å². The first-order chi connectivity index (χ1) is 2.77. The molecule has 0 spiro atoms. The minimum Gasteiger partial charge on any atom is -0.396 e. The molecule has 0 radical (unpaired) electrons. The van der Waals surface area contributed by atoms with E-state index in [1.807, 2.05) is 0 Å². The van der Waals surface area contributed by atoms with Crippen molar-refractivity contribution < 1.29 is 5.11 Å². The van der Waals surface area contributed by atoms with E-state index in [9.17, 15) is 0 Å². The molecule has 0 bridgehead atoms. The Morgan fingerprint density at radius 1 is 1.57 bits per heavy atom. The van der Waals surface area contributed by atoms with E-state index in [0.717, 1.165) is 0 Å². The highest BCUT2D eigenvalue weighted by atomic mass is 16.3. The molecule has 1 rings (SSSR count). The van der Waals surface area contributed by atoms with Crippen molar-refractivity contribution in [1.82, 2.24) is 6.15 Å². The van der Waals surface area contributed by atoms with Crippen LogP contribution in [0.5, 0.6) is 0 Å². The zero-order valence-corrected chi connectivity index (χ0v) is 4.78. The van der Waals surface area contributed by atoms with Gasteiger partial charge in [-0.2, -0.15) is 0 Å². The standard InChI is InChI=1S/C5H10O.H3N/c1-5(4-6)2-3-5;/h6H,2-4H2,1H3;1H3. The molecular weight excluding hydrogens is 90.1 g/mol. The highest BCUT2D eigenvalue weighted by molar-refractivity contribution is 4.87. The quantitative estimate of drug-likeness (QED) is 0.519. The summed E-state index contributed by atoms with van der Waals surface area (Å²) in [5.41, 5.74) is 0.347. The van der Waals surface area contributed by atoms with Crippen LogP contribution >= 0.6 is 0 Å². The van der Waals surface area contributed by atoms with Crippen molar-refractivity contribution in [3.63, 3.8) is 0 Å². The molecule has 0 aromatic carbocycles. The third-order valence-corrected chi connectivity index (χ3v) is 1.49. The summed E-state index contributed by atoms with van der Waals surface area (Å²) in [5, 5.41) is 8.47. The van der Waals surface area contributed by atoms with Crippen LogP contribution in [0, 0.1) is 5.41 Å². The van der Waals surface area contributed by atoms with Gasteiger partial charge in [-0.3, -0.25) is 0 Å². The Morgan fingerprint density at radius 3 is 2.00 bits per heavy atom. The van der Waals surface area contributed by atoms with Gasteiger partial charge in [-0.15, -0.1) is 0 Å². The second kappa shape index (κ2) is 1.80. The van der Waals surface area contributed by atoms with E-state index < -0.39 is 0 Å². The summed E-state index contributed by atoms with van der Waals surface area (Å²) in [5.74, 6) is 0. The van der Waals surface area contributed by atoms with Gasteiger partial charge in [0.25, 0.3) is 0 Å². The number of hydrogen-bond acceptors (Lipinski definition) is 2. The van der Waals surface area contributed by atoms with Crippen molar-refractivity contribution in [2.24, 2.45) is 5.41 Å². The van der Waals surface area contributed by atoms with Gasteiger partial charge in [0.05, 0.1) is 0 Å². The van der Waals surface area contributed by atoms with E-state index in [1.165, 1.54) is 12.8 Å². The van der Waals surface area contributed by atoms with E-state index in [-0.39, 0.29) is 6.15 Å². The minimum absolute atomic E-state index is 0. The van der Waals surface area contributed by atoms with E-state index >= 15 is 0 Å². The van der Waals surface area contributed by atoms with Gasteiger partial charge in [0.1, 0.15) is 0 Å². The first kappa shape index (κ1) is 6.92. The molecular formula is C5H13NO. The molecule has 0 heterocycles. The van der Waals surface area contributed by atoms with Crippen LogP contribution in [0.15, 0.2) is 0 Å². The molecule has 0 unspecified atom stereocenters. The fourth-order valence-corrected chi connectivity index (χ4v) is 0.372. The maximum Gasteiger partial charge on any atom is 0.0484 e. The van der Waals surface area contributed by atoms with Gasteiger partial charge in [-0.25, -0.2) is 0 Å². The predicted octanol–water partition coefficient (Wildman–Crippen LogP) is 0.941. The highest BCUT2D eigenvalue weighted by Crippen LogP contribution is 2.43. The van der Waals surface area contributed by atoms with Gasteiger partial charge in [0, 0.05) is 6.61 Å². The lowest BCUT2D eigenvalue weighted by atomic mass is 10.2. The van der Waals surface area contributed by atoms with Gasteiger partial charge in [-0.1, -0.05) is 6.92 Å². The second-order valence-electron chi connectivity index (χ2n) is 2.47. The molecule has 1 aliphatic rings. The molecule has 1 saturated carbocycles. The third-order valence-electron chi connectivity index (χ3n) is 1.49. The minimum atomic E-state index is 0. The second-order valence-corrected chi connectivity index (χ2v) is 2.47. The van der Waals surface area contributed by atoms with Crippen LogP contribution in [0.3, 0.4) is 0 Å². The van der Waals surface area contributed by atoms with Gasteiger partial charge in [0.2, 0.25) is 0 Å². The molecule has 0 aromatic heterocycles. The number of hydrogen-bond donors (Lipinski definition) is 2. The van der Waals surface area contributed by atoms with E-state index in [1.54, 1.807) is 0 Å². The van der Waals surface area contributed by atoms with Crippen LogP contribution in [-0.2, 0) is 0 Å². The normalized spacial score (nSPS) is 23.1. The molecule has 1 fully saturated rings. The molecule has 44 valence electrons. The Kier molecular flexibility index (Phi) is 1.78. The molecule has 0 aliphatic heterocycles. The molecule has 4 N–H and O–H groups in total. The van der Waals surface area contributed by atoms with Crippen LogP contribution in [0.2, 0.25) is 0 Å². The van der Waals surface area contributed by atoms with Crippen molar-refractivity contribution in [2.75, 3.05) is 6.61 Å². The number of aliphatic hydroxyl groups excluding tert-OH is 1. The Bertz CT molecular complexity index is 59.1. The van der Waals surface area contributed by atoms with Gasteiger partial charge in [0.15, 0.2) is 0 Å². The van der Waals surface area contributed by atoms with Crippen molar-refractivity contribution in [3.8, 4) is 0 Å². The fourth-order valence-electron chi connectivity index (χ4n) is 0.372. The molecule has 0 amide bonds. The topological polar surface area (TPSA) is 55.2 Å². The lowest BCUT2D eigenvalue weighted by Crippen LogP contribution is -1.97. The lowest BCUT2D eigenvalue weighted by molar-refractivity contribution is 0.224. The molecule has 0 saturated heterocycles. The monoisotopic (exact) mass is 103 g/mol. The van der Waals surface area contributed by atoms with E-state index in [2.05, 4.69) is 6.92 Å². The highest BCUT2D eigenvalue weighted by Gasteiger charge is 2.35. The Labute approximate surface area is 44.1 Å². The van der Waals surface area contributed by atoms with E-state index in [4.69, 9.17) is 5.11 Å². The average molecular weight is 103 g/mol. The van der Waals surface area contributed by atoms with Crippen molar-refractivity contribution >= 4 is 0 Å². The Balaban J connectivity index is 0.000000360. The summed E-state index contributed by atoms with van der Waals surface area (Å²) < 4.78 is 0. The summed E-state index contributed by atoms with van der Waals surface area (Å²) in [6, 6.07) is 0. The summed E-state index contributed by atoms with van der Waals surface area (Å²) in [7, 11) is 0. The van der Waals surface area contributed by atoms with Crippen molar-refractivity contribution in [1.29, 1.82) is 0 Å². The maximum atomic E-state index is 8.47. The molecule has 2 nitrogen and oxygen atoms in total. The van der Waals surface area contributed by atoms with Crippen molar-refractivity contribution in [2.45, 2.75) is 19.8 Å². The zero-order valence-electron chi connectivity index (χ0n) is 4.78. The van der Waals surface area contributed by atoms with E-state index in [0.29, 0.717) is 12.0 Å². The van der Waals surface area contributed by atoms with Crippen LogP contribution < -0.4 is 6.15 Å². The molecule has 1 aliphatic carbocycles. The van der Waals surface area contributed by atoms with Crippen LogP contribution in [0.4, 0.5) is 0 Å². The van der Waals surface area contributed by atoms with Crippen LogP contribution in [0.25, 0.3) is 0 Å². The summed E-state index contributed by atoms with van der Waals surface area (Å²) in [4.78, 5) is 0. The Hall–Kier alpha value is -0.0800. The summed E-state index contributed by atoms with van der Waals surface area (Å²) in [6.07, 6.45) is 2.45. The smallest absolute Gasteiger partial charge is 0.0484 e. The number of aliphatic hydroxyl groups is 1. The maximum absolute atomic E-state index is 8.47. The van der Waals surface area contributed by atoms with Crippen LogP contribution in [-0.4, -0.2) is 11.7 Å². The van der Waals surface area contributed by atoms with Gasteiger partial charge in [-0.05, 0) is 18.3 Å². The molecule has 0 aromatic rings. The first-order valence-corrected chi connectivity index (χ1v) is 2.38. The predicted molar refractivity (Wildman–Crippen MR) is 29.4 cm³/mol. The fraction of sp³-hybridized carbons (Fsp3) is 1.00. The van der Waals surface area contributed by atoms with Crippen LogP contribution in [0.1, 0.15) is 19.8 Å². The molecule has 0 atom stereocenters. The third kappa shape index (κ3) is 1.45. The summed E-state index contributed by atoms with van der Waals surface area (Å²) in [6.45, 7) is 2.49. The zero-order chi connectivity index (χ0) is 4.62. The first-order valence-electron chi connectivity index (χ1n) is 2.38. The van der Waals surface area contributed by atoms with Crippen molar-refractivity contribution in [3.05, 3.63) is 0 Å². The SMILES string of the molecule is CC1(CO)CC1.N. The largest absolute Gasteiger partial charge is 0.396 e. The average Bonchev–Trinajstić information content (AvgIpc) is 2.22.